The van der Waals surface area contributed by atoms with Gasteiger partial charge in [-0.2, -0.15) is 0 Å². The molecule has 1 atom stereocenters. The molecule has 6 nitrogen and oxygen atoms in total. The number of hydrogen-bond donors (Lipinski definition) is 1. The lowest BCUT2D eigenvalue weighted by molar-refractivity contribution is 0.0941. The van der Waals surface area contributed by atoms with Gasteiger partial charge in [-0.25, -0.2) is 12.7 Å². The molecule has 2 aromatic carbocycles. The van der Waals surface area contributed by atoms with Crippen molar-refractivity contribution in [3.63, 3.8) is 0 Å². The molecule has 140 valence electrons. The standard InChI is InChI=1S/C19H25N3O3S/c1-21(2)18(15-9-6-5-7-10-15)14-20-19(23)16-11-8-12-17(13-16)26(24,25)22(3)4/h5-13,18H,14H2,1-4H3,(H,20,23)/t18-/m1/s1. The Morgan fingerprint density at radius 2 is 1.65 bits per heavy atom. The monoisotopic (exact) mass is 375 g/mol. The van der Waals surface area contributed by atoms with Gasteiger partial charge in [0.05, 0.1) is 10.9 Å². The van der Waals surface area contributed by atoms with Crippen LogP contribution in [0.5, 0.6) is 0 Å². The SMILES string of the molecule is CN(C)[C@H](CNC(=O)c1cccc(S(=O)(=O)N(C)C)c1)c1ccccc1. The molecule has 2 rings (SSSR count). The number of nitrogens with zero attached hydrogens (tertiary/aromatic N) is 2. The third-order valence-electron chi connectivity index (χ3n) is 4.14. The summed E-state index contributed by atoms with van der Waals surface area (Å²) in [4.78, 5) is 14.6. The molecule has 0 saturated carbocycles. The van der Waals surface area contributed by atoms with Gasteiger partial charge in [0.15, 0.2) is 0 Å². The summed E-state index contributed by atoms with van der Waals surface area (Å²) in [7, 11) is 3.25. The van der Waals surface area contributed by atoms with Crippen LogP contribution in [0.3, 0.4) is 0 Å². The number of nitrogens with one attached hydrogen (secondary N) is 1. The Hall–Kier alpha value is -2.22. The Morgan fingerprint density at radius 3 is 2.23 bits per heavy atom. The molecule has 0 aromatic heterocycles. The van der Waals surface area contributed by atoms with Crippen LogP contribution < -0.4 is 5.32 Å². The molecule has 2 aromatic rings. The van der Waals surface area contributed by atoms with E-state index in [4.69, 9.17) is 0 Å². The van der Waals surface area contributed by atoms with E-state index in [0.29, 0.717) is 12.1 Å². The van der Waals surface area contributed by atoms with Crippen LogP contribution in [0.25, 0.3) is 0 Å². The Labute approximate surface area is 155 Å². The molecule has 0 radical (unpaired) electrons. The van der Waals surface area contributed by atoms with Gasteiger partial charge in [0.2, 0.25) is 10.0 Å². The van der Waals surface area contributed by atoms with E-state index in [1.807, 2.05) is 49.3 Å². The van der Waals surface area contributed by atoms with Crippen LogP contribution in [0.2, 0.25) is 0 Å². The predicted molar refractivity (Wildman–Crippen MR) is 103 cm³/mol. The summed E-state index contributed by atoms with van der Waals surface area (Å²) in [6, 6.07) is 16.0. The summed E-state index contributed by atoms with van der Waals surface area (Å²) in [5, 5.41) is 2.90. The van der Waals surface area contributed by atoms with Crippen molar-refractivity contribution in [2.24, 2.45) is 0 Å². The van der Waals surface area contributed by atoms with Gasteiger partial charge in [-0.1, -0.05) is 36.4 Å². The van der Waals surface area contributed by atoms with Crippen LogP contribution >= 0.6 is 0 Å². The van der Waals surface area contributed by atoms with E-state index in [9.17, 15) is 13.2 Å². The summed E-state index contributed by atoms with van der Waals surface area (Å²) >= 11 is 0. The number of hydrogen-bond acceptors (Lipinski definition) is 4. The molecule has 1 N–H and O–H groups in total. The number of benzene rings is 2. The van der Waals surface area contributed by atoms with Gasteiger partial charge in [-0.3, -0.25) is 4.79 Å². The van der Waals surface area contributed by atoms with Crippen molar-refractivity contribution in [2.45, 2.75) is 10.9 Å². The second kappa shape index (κ2) is 8.44. The zero-order chi connectivity index (χ0) is 19.3. The molecular weight excluding hydrogens is 350 g/mol. The molecule has 0 heterocycles. The van der Waals surface area contributed by atoms with Gasteiger partial charge in [-0.15, -0.1) is 0 Å². The van der Waals surface area contributed by atoms with Crippen molar-refractivity contribution >= 4 is 15.9 Å². The Balaban J connectivity index is 2.15. The molecule has 26 heavy (non-hydrogen) atoms. The van der Waals surface area contributed by atoms with Crippen molar-refractivity contribution in [3.05, 3.63) is 65.7 Å². The fraction of sp³-hybridized carbons (Fsp3) is 0.316. The Morgan fingerprint density at radius 1 is 1.00 bits per heavy atom. The zero-order valence-electron chi connectivity index (χ0n) is 15.5. The quantitative estimate of drug-likeness (QED) is 0.803. The van der Waals surface area contributed by atoms with Gasteiger partial charge in [0.25, 0.3) is 5.91 Å². The molecule has 0 spiro atoms. The van der Waals surface area contributed by atoms with Crippen LogP contribution in [0, 0.1) is 0 Å². The number of rotatable bonds is 7. The van der Waals surface area contributed by atoms with Crippen LogP contribution in [-0.2, 0) is 10.0 Å². The maximum atomic E-state index is 12.5. The predicted octanol–water partition coefficient (Wildman–Crippen LogP) is 1.97. The first-order chi connectivity index (χ1) is 12.2. The average Bonchev–Trinajstić information content (AvgIpc) is 2.62. The molecule has 0 bridgehead atoms. The van der Waals surface area contributed by atoms with E-state index in [2.05, 4.69) is 5.32 Å². The molecule has 0 saturated heterocycles. The number of carbonyl (C=O) groups is 1. The highest BCUT2D eigenvalue weighted by molar-refractivity contribution is 7.89. The summed E-state index contributed by atoms with van der Waals surface area (Å²) in [5.74, 6) is -0.302. The van der Waals surface area contributed by atoms with Crippen molar-refractivity contribution in [1.82, 2.24) is 14.5 Å². The van der Waals surface area contributed by atoms with Gasteiger partial charge >= 0.3 is 0 Å². The summed E-state index contributed by atoms with van der Waals surface area (Å²) in [6.07, 6.45) is 0. The lowest BCUT2D eigenvalue weighted by Crippen LogP contribution is -2.34. The van der Waals surface area contributed by atoms with Crippen molar-refractivity contribution in [2.75, 3.05) is 34.7 Å². The van der Waals surface area contributed by atoms with E-state index in [1.165, 1.54) is 26.2 Å². The molecule has 0 aliphatic carbocycles. The molecule has 0 aliphatic heterocycles. The zero-order valence-corrected chi connectivity index (χ0v) is 16.3. The number of amides is 1. The van der Waals surface area contributed by atoms with E-state index >= 15 is 0 Å². The molecule has 0 unspecified atom stereocenters. The van der Waals surface area contributed by atoms with Gasteiger partial charge in [-0.05, 0) is 37.9 Å². The maximum Gasteiger partial charge on any atom is 0.251 e. The second-order valence-electron chi connectivity index (χ2n) is 6.42. The van der Waals surface area contributed by atoms with Gasteiger partial charge in [0, 0.05) is 26.2 Å². The summed E-state index contributed by atoms with van der Waals surface area (Å²) in [5.41, 5.74) is 1.42. The first-order valence-electron chi connectivity index (χ1n) is 8.25. The Kier molecular flexibility index (Phi) is 6.52. The smallest absolute Gasteiger partial charge is 0.251 e. The maximum absolute atomic E-state index is 12.5. The van der Waals surface area contributed by atoms with Gasteiger partial charge in [0.1, 0.15) is 0 Å². The Bertz CT molecular complexity index is 849. The summed E-state index contributed by atoms with van der Waals surface area (Å²) in [6.45, 7) is 0.417. The highest BCUT2D eigenvalue weighted by Crippen LogP contribution is 2.18. The first-order valence-corrected chi connectivity index (χ1v) is 9.69. The van der Waals surface area contributed by atoms with Crippen LogP contribution in [0.15, 0.2) is 59.5 Å². The van der Waals surface area contributed by atoms with Crippen LogP contribution in [0.4, 0.5) is 0 Å². The molecule has 0 fully saturated rings. The van der Waals surface area contributed by atoms with E-state index in [1.54, 1.807) is 12.1 Å². The number of sulfonamides is 1. The highest BCUT2D eigenvalue weighted by atomic mass is 32.2. The molecular formula is C19H25N3O3S. The lowest BCUT2D eigenvalue weighted by Gasteiger charge is -2.25. The normalized spacial score (nSPS) is 13.0. The van der Waals surface area contributed by atoms with Crippen molar-refractivity contribution in [1.29, 1.82) is 0 Å². The highest BCUT2D eigenvalue weighted by Gasteiger charge is 2.20. The number of carbonyl (C=O) groups excluding carboxylic acids is 1. The van der Waals surface area contributed by atoms with Crippen LogP contribution in [-0.4, -0.2) is 58.3 Å². The third-order valence-corrected chi connectivity index (χ3v) is 5.95. The molecule has 1 amide bonds. The van der Waals surface area contributed by atoms with Crippen molar-refractivity contribution in [3.8, 4) is 0 Å². The van der Waals surface area contributed by atoms with Crippen LogP contribution in [0.1, 0.15) is 22.0 Å². The largest absolute Gasteiger partial charge is 0.350 e. The minimum atomic E-state index is -3.58. The lowest BCUT2D eigenvalue weighted by atomic mass is 10.1. The van der Waals surface area contributed by atoms with E-state index < -0.39 is 10.0 Å². The van der Waals surface area contributed by atoms with Gasteiger partial charge < -0.3 is 10.2 Å². The van der Waals surface area contributed by atoms with Crippen molar-refractivity contribution < 1.29 is 13.2 Å². The first kappa shape index (κ1) is 20.1. The fourth-order valence-corrected chi connectivity index (χ4v) is 3.52. The second-order valence-corrected chi connectivity index (χ2v) is 8.57. The average molecular weight is 375 g/mol. The van der Waals surface area contributed by atoms with E-state index in [-0.39, 0.29) is 16.8 Å². The minimum Gasteiger partial charge on any atom is -0.350 e. The number of likely N-dealkylation sites (N-methyl/N-ethyl adjacent to an activating group) is 1. The minimum absolute atomic E-state index is 0.0221. The third kappa shape index (κ3) is 4.69. The molecule has 0 aliphatic rings. The molecule has 7 heteroatoms. The fourth-order valence-electron chi connectivity index (χ4n) is 2.57. The van der Waals surface area contributed by atoms with E-state index in [0.717, 1.165) is 9.87 Å². The topological polar surface area (TPSA) is 69.7 Å². The summed E-state index contributed by atoms with van der Waals surface area (Å²) < 4.78 is 25.6.